The van der Waals surface area contributed by atoms with Crippen molar-refractivity contribution in [3.63, 3.8) is 0 Å². The number of carbonyl (C=O) groups excluding carboxylic acids is 1. The molecule has 7 heteroatoms. The van der Waals surface area contributed by atoms with Gasteiger partial charge in [0.2, 0.25) is 0 Å². The van der Waals surface area contributed by atoms with Crippen molar-refractivity contribution < 1.29 is 28.2 Å². The topological polar surface area (TPSA) is 57.5 Å². The van der Waals surface area contributed by atoms with Crippen LogP contribution in [0.1, 0.15) is 27.0 Å². The Morgan fingerprint density at radius 3 is 2.38 bits per heavy atom. The summed E-state index contributed by atoms with van der Waals surface area (Å²) in [5.74, 6) is -1.14. The zero-order chi connectivity index (χ0) is 17.6. The number of aromatic hydroxyl groups is 2. The van der Waals surface area contributed by atoms with Gasteiger partial charge < -0.3 is 10.2 Å². The largest absolute Gasteiger partial charge is 0.504 e. The molecule has 2 aromatic rings. The molecule has 3 rings (SSSR count). The minimum Gasteiger partial charge on any atom is -0.504 e. The number of hydrogen-bond acceptors (Lipinski definition) is 3. The van der Waals surface area contributed by atoms with E-state index >= 15 is 0 Å². The third kappa shape index (κ3) is 3.03. The van der Waals surface area contributed by atoms with Gasteiger partial charge >= 0.3 is 6.18 Å². The van der Waals surface area contributed by atoms with Gasteiger partial charge in [-0.3, -0.25) is 4.79 Å². The van der Waals surface area contributed by atoms with Crippen molar-refractivity contribution in [1.82, 2.24) is 0 Å². The average molecular weight is 399 g/mol. The lowest BCUT2D eigenvalue weighted by atomic mass is 10.1. The molecule has 0 bridgehead atoms. The molecular weight excluding hydrogens is 389 g/mol. The summed E-state index contributed by atoms with van der Waals surface area (Å²) in [4.78, 5) is 12.3. The Morgan fingerprint density at radius 1 is 1.04 bits per heavy atom. The van der Waals surface area contributed by atoms with Crippen LogP contribution in [0.4, 0.5) is 13.2 Å². The molecule has 24 heavy (non-hydrogen) atoms. The molecule has 0 aromatic heterocycles. The first-order chi connectivity index (χ1) is 11.1. The second-order valence-electron chi connectivity index (χ2n) is 5.44. The molecule has 3 nitrogen and oxygen atoms in total. The lowest BCUT2D eigenvalue weighted by Gasteiger charge is -2.08. The standard InChI is InChI=1S/C17H10BrF3O3/c18-12-3-8(2-11(6-12)17(19,20)21)1-10-4-9-5-14(22)15(23)7-13(9)16(10)24/h1-3,5-7,22-23H,4H2. The highest BCUT2D eigenvalue weighted by molar-refractivity contribution is 9.10. The monoisotopic (exact) mass is 398 g/mol. The number of ketones is 1. The van der Waals surface area contributed by atoms with Crippen LogP contribution in [0.3, 0.4) is 0 Å². The Hall–Kier alpha value is -2.28. The lowest BCUT2D eigenvalue weighted by Crippen LogP contribution is -2.05. The molecule has 0 aliphatic heterocycles. The first-order valence-electron chi connectivity index (χ1n) is 6.83. The van der Waals surface area contributed by atoms with E-state index < -0.39 is 17.5 Å². The average Bonchev–Trinajstić information content (AvgIpc) is 2.74. The summed E-state index contributed by atoms with van der Waals surface area (Å²) in [6, 6.07) is 5.85. The predicted molar refractivity (Wildman–Crippen MR) is 84.9 cm³/mol. The van der Waals surface area contributed by atoms with E-state index in [1.807, 2.05) is 0 Å². The van der Waals surface area contributed by atoms with E-state index in [0.29, 0.717) is 11.1 Å². The van der Waals surface area contributed by atoms with Gasteiger partial charge in [-0.2, -0.15) is 13.2 Å². The third-order valence-corrected chi connectivity index (χ3v) is 4.16. The van der Waals surface area contributed by atoms with Gasteiger partial charge in [0.05, 0.1) is 5.56 Å². The van der Waals surface area contributed by atoms with Crippen molar-refractivity contribution in [2.45, 2.75) is 12.6 Å². The molecule has 2 aromatic carbocycles. The van der Waals surface area contributed by atoms with Crippen molar-refractivity contribution in [3.8, 4) is 11.5 Å². The summed E-state index contributed by atoms with van der Waals surface area (Å²) in [7, 11) is 0. The number of hydrogen-bond donors (Lipinski definition) is 2. The Balaban J connectivity index is 2.02. The molecule has 0 radical (unpaired) electrons. The van der Waals surface area contributed by atoms with Crippen LogP contribution in [0.25, 0.3) is 6.08 Å². The molecule has 0 amide bonds. The molecule has 0 heterocycles. The van der Waals surface area contributed by atoms with Gasteiger partial charge in [-0.25, -0.2) is 0 Å². The second kappa shape index (κ2) is 5.66. The lowest BCUT2D eigenvalue weighted by molar-refractivity contribution is -0.137. The summed E-state index contributed by atoms with van der Waals surface area (Å²) >= 11 is 3.04. The van der Waals surface area contributed by atoms with Crippen molar-refractivity contribution in [2.24, 2.45) is 0 Å². The molecule has 0 fully saturated rings. The van der Waals surface area contributed by atoms with Crippen LogP contribution in [0.5, 0.6) is 11.5 Å². The van der Waals surface area contributed by atoms with Crippen molar-refractivity contribution in [2.75, 3.05) is 0 Å². The fourth-order valence-electron chi connectivity index (χ4n) is 2.61. The van der Waals surface area contributed by atoms with E-state index in [4.69, 9.17) is 0 Å². The zero-order valence-corrected chi connectivity index (χ0v) is 13.6. The number of rotatable bonds is 1. The fraction of sp³-hybridized carbons (Fsp3) is 0.118. The number of phenols is 2. The number of Topliss-reactive ketones (excluding diaryl/α,β-unsaturated/α-hetero) is 1. The van der Waals surface area contributed by atoms with Gasteiger partial charge in [0.25, 0.3) is 0 Å². The number of halogens is 4. The third-order valence-electron chi connectivity index (χ3n) is 3.71. The normalized spacial score (nSPS) is 15.8. The molecule has 0 saturated carbocycles. The molecule has 2 N–H and O–H groups in total. The van der Waals surface area contributed by atoms with E-state index in [1.54, 1.807) is 0 Å². The molecule has 0 saturated heterocycles. The highest BCUT2D eigenvalue weighted by Gasteiger charge is 2.31. The van der Waals surface area contributed by atoms with E-state index in [0.717, 1.165) is 18.2 Å². The van der Waals surface area contributed by atoms with Gasteiger partial charge in [-0.1, -0.05) is 15.9 Å². The molecule has 0 unspecified atom stereocenters. The van der Waals surface area contributed by atoms with Crippen LogP contribution >= 0.6 is 15.9 Å². The highest BCUT2D eigenvalue weighted by atomic mass is 79.9. The number of allylic oxidation sites excluding steroid dienone is 1. The molecular formula is C17H10BrF3O3. The van der Waals surface area contributed by atoms with Crippen molar-refractivity contribution in [3.05, 3.63) is 62.6 Å². The summed E-state index contributed by atoms with van der Waals surface area (Å²) < 4.78 is 38.9. The van der Waals surface area contributed by atoms with Gasteiger partial charge in [-0.15, -0.1) is 0 Å². The van der Waals surface area contributed by atoms with Crippen molar-refractivity contribution >= 4 is 27.8 Å². The van der Waals surface area contributed by atoms with Gasteiger partial charge in [0.15, 0.2) is 17.3 Å². The predicted octanol–water partition coefficient (Wildman–Crippen LogP) is 4.70. The van der Waals surface area contributed by atoms with Crippen molar-refractivity contribution in [1.29, 1.82) is 0 Å². The summed E-state index contributed by atoms with van der Waals surface area (Å²) in [6.45, 7) is 0. The first kappa shape index (κ1) is 16.6. The van der Waals surface area contributed by atoms with Crippen LogP contribution in [0, 0.1) is 0 Å². The quantitative estimate of drug-likeness (QED) is 0.540. The molecule has 1 aliphatic rings. The van der Waals surface area contributed by atoms with Crippen LogP contribution in [0.15, 0.2) is 40.4 Å². The Kier molecular flexibility index (Phi) is 3.91. The maximum absolute atomic E-state index is 12.9. The first-order valence-corrected chi connectivity index (χ1v) is 7.62. The molecule has 0 atom stereocenters. The smallest absolute Gasteiger partial charge is 0.416 e. The number of phenolic OH excluding ortho intramolecular Hbond substituents is 2. The Labute approximate surface area is 143 Å². The van der Waals surface area contributed by atoms with E-state index in [2.05, 4.69) is 15.9 Å². The summed E-state index contributed by atoms with van der Waals surface area (Å²) in [6.07, 6.45) is -2.93. The van der Waals surface area contributed by atoms with E-state index in [-0.39, 0.29) is 33.6 Å². The number of carbonyl (C=O) groups is 1. The number of fused-ring (bicyclic) bond motifs is 1. The molecule has 124 valence electrons. The van der Waals surface area contributed by atoms with Gasteiger partial charge in [0, 0.05) is 22.0 Å². The van der Waals surface area contributed by atoms with Gasteiger partial charge in [0.1, 0.15) is 0 Å². The van der Waals surface area contributed by atoms with Gasteiger partial charge in [-0.05, 0) is 47.5 Å². The zero-order valence-electron chi connectivity index (χ0n) is 12.0. The van der Waals surface area contributed by atoms with E-state index in [9.17, 15) is 28.2 Å². The van der Waals surface area contributed by atoms with E-state index in [1.165, 1.54) is 18.2 Å². The SMILES string of the molecule is O=C1C(=Cc2cc(Br)cc(C(F)(F)F)c2)Cc2cc(O)c(O)cc21. The highest BCUT2D eigenvalue weighted by Crippen LogP contribution is 2.37. The van der Waals surface area contributed by atoms with Crippen LogP contribution in [0.2, 0.25) is 0 Å². The van der Waals surface area contributed by atoms with Crippen LogP contribution < -0.4 is 0 Å². The van der Waals surface area contributed by atoms with Crippen LogP contribution in [-0.4, -0.2) is 16.0 Å². The molecule has 0 spiro atoms. The summed E-state index contributed by atoms with van der Waals surface area (Å²) in [5.41, 5.74) is 0.472. The minimum atomic E-state index is -4.49. The molecule has 1 aliphatic carbocycles. The summed E-state index contributed by atoms with van der Waals surface area (Å²) in [5, 5.41) is 19.0. The Bertz CT molecular complexity index is 885. The second-order valence-corrected chi connectivity index (χ2v) is 6.36. The number of benzene rings is 2. The fourth-order valence-corrected chi connectivity index (χ4v) is 3.12. The maximum atomic E-state index is 12.9. The minimum absolute atomic E-state index is 0.176. The number of alkyl halides is 3. The Morgan fingerprint density at radius 2 is 1.71 bits per heavy atom. The maximum Gasteiger partial charge on any atom is 0.416 e. The van der Waals surface area contributed by atoms with Crippen LogP contribution in [-0.2, 0) is 12.6 Å².